The number of hydrogen-bond donors (Lipinski definition) is 3. The Morgan fingerprint density at radius 1 is 1.23 bits per heavy atom. The van der Waals surface area contributed by atoms with E-state index < -0.39 is 0 Å². The Morgan fingerprint density at radius 2 is 2.10 bits per heavy atom. The van der Waals surface area contributed by atoms with Crippen molar-refractivity contribution in [3.8, 4) is 0 Å². The SMILES string of the molecule is Cc1cc(Nc2nc(C3CCN(C(=O)C4CCCCN4)CC3)cn3cccc23)n[nH]1. The van der Waals surface area contributed by atoms with Gasteiger partial charge >= 0.3 is 0 Å². The van der Waals surface area contributed by atoms with Crippen LogP contribution in [0.4, 0.5) is 11.6 Å². The number of hydrogen-bond acceptors (Lipinski definition) is 5. The van der Waals surface area contributed by atoms with Crippen molar-refractivity contribution in [3.63, 3.8) is 0 Å². The number of anilines is 2. The van der Waals surface area contributed by atoms with E-state index in [1.807, 2.05) is 24.0 Å². The van der Waals surface area contributed by atoms with Gasteiger partial charge in [0.1, 0.15) is 0 Å². The molecule has 2 saturated heterocycles. The van der Waals surface area contributed by atoms with Crippen LogP contribution in [0.1, 0.15) is 49.4 Å². The molecule has 2 aliphatic rings. The minimum absolute atomic E-state index is 0.0118. The highest BCUT2D eigenvalue weighted by Crippen LogP contribution is 2.30. The summed E-state index contributed by atoms with van der Waals surface area (Å²) in [5, 5.41) is 14.0. The molecule has 0 radical (unpaired) electrons. The van der Waals surface area contributed by atoms with Crippen molar-refractivity contribution in [2.45, 2.75) is 51.0 Å². The van der Waals surface area contributed by atoms with Gasteiger partial charge in [-0.15, -0.1) is 0 Å². The molecular weight excluding hydrogens is 378 g/mol. The fourth-order valence-electron chi connectivity index (χ4n) is 4.64. The number of carbonyl (C=O) groups is 1. The summed E-state index contributed by atoms with van der Waals surface area (Å²) < 4.78 is 2.12. The van der Waals surface area contributed by atoms with E-state index in [1.165, 1.54) is 6.42 Å². The van der Waals surface area contributed by atoms with Crippen molar-refractivity contribution >= 4 is 23.1 Å². The van der Waals surface area contributed by atoms with Gasteiger partial charge in [-0.1, -0.05) is 6.42 Å². The third-order valence-electron chi connectivity index (χ3n) is 6.32. The van der Waals surface area contributed by atoms with Crippen molar-refractivity contribution in [2.75, 3.05) is 25.0 Å². The average Bonchev–Trinajstić information content (AvgIpc) is 3.43. The smallest absolute Gasteiger partial charge is 0.239 e. The van der Waals surface area contributed by atoms with Gasteiger partial charge in [0.15, 0.2) is 11.6 Å². The van der Waals surface area contributed by atoms with Gasteiger partial charge in [0.2, 0.25) is 5.91 Å². The molecule has 0 aliphatic carbocycles. The van der Waals surface area contributed by atoms with Gasteiger partial charge in [-0.25, -0.2) is 4.98 Å². The predicted molar refractivity (Wildman–Crippen MR) is 116 cm³/mol. The molecule has 1 atom stereocenters. The van der Waals surface area contributed by atoms with Gasteiger partial charge in [0.05, 0.1) is 17.3 Å². The molecule has 8 heteroatoms. The van der Waals surface area contributed by atoms with E-state index >= 15 is 0 Å². The van der Waals surface area contributed by atoms with Crippen molar-refractivity contribution in [2.24, 2.45) is 0 Å². The highest BCUT2D eigenvalue weighted by molar-refractivity contribution is 5.82. The molecule has 2 aliphatic heterocycles. The van der Waals surface area contributed by atoms with Crippen molar-refractivity contribution in [1.82, 2.24) is 29.8 Å². The number of rotatable bonds is 4. The molecule has 0 saturated carbocycles. The number of piperidine rings is 2. The second-order valence-electron chi connectivity index (χ2n) is 8.48. The Morgan fingerprint density at radius 3 is 2.83 bits per heavy atom. The Bertz CT molecular complexity index is 1030. The number of carbonyl (C=O) groups excluding carboxylic acids is 1. The van der Waals surface area contributed by atoms with Crippen LogP contribution in [0, 0.1) is 6.92 Å². The topological polar surface area (TPSA) is 90.3 Å². The number of aromatic amines is 1. The van der Waals surface area contributed by atoms with E-state index in [4.69, 9.17) is 4.98 Å². The number of nitrogens with one attached hydrogen (secondary N) is 3. The average molecular weight is 408 g/mol. The summed E-state index contributed by atoms with van der Waals surface area (Å²) >= 11 is 0. The summed E-state index contributed by atoms with van der Waals surface area (Å²) in [4.78, 5) is 19.8. The monoisotopic (exact) mass is 407 g/mol. The quantitative estimate of drug-likeness (QED) is 0.619. The molecule has 158 valence electrons. The van der Waals surface area contributed by atoms with Gasteiger partial charge in [-0.3, -0.25) is 9.89 Å². The van der Waals surface area contributed by atoms with Crippen LogP contribution in [0.5, 0.6) is 0 Å². The molecule has 0 bridgehead atoms. The molecule has 5 heterocycles. The normalized spacial score (nSPS) is 20.6. The van der Waals surface area contributed by atoms with E-state index in [2.05, 4.69) is 43.7 Å². The van der Waals surface area contributed by atoms with Gasteiger partial charge < -0.3 is 19.9 Å². The van der Waals surface area contributed by atoms with Crippen LogP contribution < -0.4 is 10.6 Å². The summed E-state index contributed by atoms with van der Waals surface area (Å²) in [6, 6.07) is 6.06. The Hall–Kier alpha value is -2.87. The minimum atomic E-state index is 0.0118. The number of aryl methyl sites for hydroxylation is 1. The van der Waals surface area contributed by atoms with Crippen LogP contribution in [0.25, 0.3) is 5.52 Å². The number of H-pyrrole nitrogens is 1. The number of aromatic nitrogens is 4. The van der Waals surface area contributed by atoms with Crippen LogP contribution in [0.2, 0.25) is 0 Å². The maximum absolute atomic E-state index is 12.8. The highest BCUT2D eigenvalue weighted by atomic mass is 16.2. The molecule has 5 rings (SSSR count). The summed E-state index contributed by atoms with van der Waals surface area (Å²) in [7, 11) is 0. The summed E-state index contributed by atoms with van der Waals surface area (Å²) in [6.07, 6.45) is 9.35. The van der Waals surface area contributed by atoms with Gasteiger partial charge in [0.25, 0.3) is 0 Å². The number of nitrogens with zero attached hydrogens (tertiary/aromatic N) is 4. The van der Waals surface area contributed by atoms with Crippen LogP contribution >= 0.6 is 0 Å². The van der Waals surface area contributed by atoms with Crippen LogP contribution in [-0.4, -0.2) is 56.1 Å². The highest BCUT2D eigenvalue weighted by Gasteiger charge is 2.30. The first-order valence-corrected chi connectivity index (χ1v) is 11.0. The fraction of sp³-hybridized carbons (Fsp3) is 0.500. The molecule has 1 unspecified atom stereocenters. The largest absolute Gasteiger partial charge is 0.341 e. The second kappa shape index (κ2) is 8.10. The van der Waals surface area contributed by atoms with Crippen LogP contribution in [0.3, 0.4) is 0 Å². The second-order valence-corrected chi connectivity index (χ2v) is 8.48. The molecule has 3 aromatic heterocycles. The molecule has 30 heavy (non-hydrogen) atoms. The molecular formula is C22H29N7O. The van der Waals surface area contributed by atoms with Crippen LogP contribution in [0.15, 0.2) is 30.6 Å². The third-order valence-corrected chi connectivity index (χ3v) is 6.32. The van der Waals surface area contributed by atoms with Crippen molar-refractivity contribution < 1.29 is 4.79 Å². The van der Waals surface area contributed by atoms with E-state index in [9.17, 15) is 4.79 Å². The summed E-state index contributed by atoms with van der Waals surface area (Å²) in [5.41, 5.74) is 3.09. The maximum atomic E-state index is 12.8. The van der Waals surface area contributed by atoms with Gasteiger partial charge in [-0.2, -0.15) is 5.10 Å². The summed E-state index contributed by atoms with van der Waals surface area (Å²) in [6.45, 7) is 4.54. The first-order chi connectivity index (χ1) is 14.7. The molecule has 0 aromatic carbocycles. The van der Waals surface area contributed by atoms with Gasteiger partial charge in [0, 0.05) is 43.2 Å². The zero-order valence-corrected chi connectivity index (χ0v) is 17.4. The zero-order valence-electron chi connectivity index (χ0n) is 17.4. The van der Waals surface area contributed by atoms with E-state index in [1.54, 1.807) is 0 Å². The number of fused-ring (bicyclic) bond motifs is 1. The first-order valence-electron chi connectivity index (χ1n) is 11.0. The van der Waals surface area contributed by atoms with Gasteiger partial charge in [-0.05, 0) is 51.3 Å². The molecule has 8 nitrogen and oxygen atoms in total. The van der Waals surface area contributed by atoms with E-state index in [0.29, 0.717) is 5.92 Å². The van der Waals surface area contributed by atoms with E-state index in [0.717, 1.165) is 73.9 Å². The standard InChI is InChI=1S/C22H29N7O/c1-15-13-20(27-26-15)25-21-19-6-4-10-29(19)14-18(24-21)16-7-11-28(12-8-16)22(30)17-5-2-3-9-23-17/h4,6,10,13-14,16-17,23H,2-3,5,7-9,11-12H2,1H3,(H2,24,25,26,27). The molecule has 0 spiro atoms. The maximum Gasteiger partial charge on any atom is 0.239 e. The Kier molecular flexibility index (Phi) is 5.16. The number of amides is 1. The Balaban J connectivity index is 1.31. The lowest BCUT2D eigenvalue weighted by Crippen LogP contribution is -2.50. The van der Waals surface area contributed by atoms with Crippen molar-refractivity contribution in [1.29, 1.82) is 0 Å². The molecule has 3 aromatic rings. The lowest BCUT2D eigenvalue weighted by molar-refractivity contribution is -0.135. The lowest BCUT2D eigenvalue weighted by atomic mass is 9.92. The third kappa shape index (κ3) is 3.79. The zero-order chi connectivity index (χ0) is 20.5. The summed E-state index contributed by atoms with van der Waals surface area (Å²) in [5.74, 6) is 2.20. The molecule has 3 N–H and O–H groups in total. The minimum Gasteiger partial charge on any atom is -0.341 e. The fourth-order valence-corrected chi connectivity index (χ4v) is 4.64. The van der Waals surface area contributed by atoms with E-state index in [-0.39, 0.29) is 11.9 Å². The molecule has 1 amide bonds. The van der Waals surface area contributed by atoms with Crippen LogP contribution in [-0.2, 0) is 4.79 Å². The predicted octanol–water partition coefficient (Wildman–Crippen LogP) is 2.96. The number of likely N-dealkylation sites (tertiary alicyclic amines) is 1. The molecule has 2 fully saturated rings. The lowest BCUT2D eigenvalue weighted by Gasteiger charge is -2.35. The first kappa shape index (κ1) is 19.1. The van der Waals surface area contributed by atoms with Crippen molar-refractivity contribution in [3.05, 3.63) is 42.0 Å². The Labute approximate surface area is 176 Å².